The number of aromatic nitrogens is 3. The van der Waals surface area contributed by atoms with E-state index >= 15 is 0 Å². The number of benzene rings is 1. The molecule has 1 saturated heterocycles. The van der Waals surface area contributed by atoms with Crippen molar-refractivity contribution in [3.63, 3.8) is 0 Å². The highest BCUT2D eigenvalue weighted by Gasteiger charge is 2.25. The molecule has 0 amide bonds. The minimum Gasteiger partial charge on any atom is -0.357 e. The SMILES string of the molecule is Fc1cc(F)cc(CC2CCN(c3ncnc4cc[nH]c34)C2)c1. The first-order valence-corrected chi connectivity index (χ1v) is 7.67. The number of H-pyrrole nitrogens is 1. The van der Waals surface area contributed by atoms with Crippen LogP contribution in [0.3, 0.4) is 0 Å². The highest BCUT2D eigenvalue weighted by Crippen LogP contribution is 2.28. The van der Waals surface area contributed by atoms with Crippen molar-refractivity contribution in [2.75, 3.05) is 18.0 Å². The Morgan fingerprint density at radius 2 is 2.00 bits per heavy atom. The Balaban J connectivity index is 1.52. The smallest absolute Gasteiger partial charge is 0.156 e. The van der Waals surface area contributed by atoms with E-state index < -0.39 is 11.6 Å². The van der Waals surface area contributed by atoms with Gasteiger partial charge in [-0.2, -0.15) is 0 Å². The summed E-state index contributed by atoms with van der Waals surface area (Å²) >= 11 is 0. The number of hydrogen-bond acceptors (Lipinski definition) is 3. The second-order valence-corrected chi connectivity index (χ2v) is 6.02. The Bertz CT molecular complexity index is 825. The van der Waals surface area contributed by atoms with Crippen LogP contribution in [-0.2, 0) is 6.42 Å². The highest BCUT2D eigenvalue weighted by molar-refractivity contribution is 5.85. The summed E-state index contributed by atoms with van der Waals surface area (Å²) in [5.41, 5.74) is 2.54. The largest absolute Gasteiger partial charge is 0.357 e. The summed E-state index contributed by atoms with van der Waals surface area (Å²) in [6.07, 6.45) is 5.07. The van der Waals surface area contributed by atoms with Gasteiger partial charge in [-0.3, -0.25) is 0 Å². The Kier molecular flexibility index (Phi) is 3.44. The van der Waals surface area contributed by atoms with Gasteiger partial charge in [-0.1, -0.05) is 0 Å². The average Bonchev–Trinajstić information content (AvgIpc) is 3.14. The zero-order valence-corrected chi connectivity index (χ0v) is 12.5. The molecule has 6 heteroatoms. The lowest BCUT2D eigenvalue weighted by Gasteiger charge is -2.18. The molecule has 0 radical (unpaired) electrons. The number of rotatable bonds is 3. The maximum atomic E-state index is 13.3. The van der Waals surface area contributed by atoms with Gasteiger partial charge in [0.05, 0.1) is 5.52 Å². The molecule has 1 aliphatic heterocycles. The zero-order valence-electron chi connectivity index (χ0n) is 12.5. The van der Waals surface area contributed by atoms with Crippen molar-refractivity contribution in [1.29, 1.82) is 0 Å². The monoisotopic (exact) mass is 314 g/mol. The molecular weight excluding hydrogens is 298 g/mol. The van der Waals surface area contributed by atoms with E-state index in [1.165, 1.54) is 12.1 Å². The fraction of sp³-hybridized carbons (Fsp3) is 0.294. The molecule has 1 N–H and O–H groups in total. The predicted octanol–water partition coefficient (Wildman–Crippen LogP) is 3.31. The van der Waals surface area contributed by atoms with E-state index in [0.717, 1.165) is 42.4 Å². The number of nitrogens with zero attached hydrogens (tertiary/aromatic N) is 3. The first kappa shape index (κ1) is 14.1. The van der Waals surface area contributed by atoms with Gasteiger partial charge in [0.25, 0.3) is 0 Å². The van der Waals surface area contributed by atoms with Gasteiger partial charge in [0.15, 0.2) is 5.82 Å². The maximum Gasteiger partial charge on any atom is 0.156 e. The first-order chi connectivity index (χ1) is 11.2. The van der Waals surface area contributed by atoms with E-state index in [1.807, 2.05) is 12.3 Å². The molecule has 2 aromatic heterocycles. The molecule has 1 atom stereocenters. The highest BCUT2D eigenvalue weighted by atomic mass is 19.1. The number of anilines is 1. The van der Waals surface area contributed by atoms with Crippen molar-refractivity contribution in [3.05, 3.63) is 54.0 Å². The third-order valence-corrected chi connectivity index (χ3v) is 4.36. The molecule has 3 heterocycles. The van der Waals surface area contributed by atoms with Gasteiger partial charge >= 0.3 is 0 Å². The van der Waals surface area contributed by atoms with Crippen LogP contribution in [-0.4, -0.2) is 28.0 Å². The van der Waals surface area contributed by atoms with E-state index in [9.17, 15) is 8.78 Å². The van der Waals surface area contributed by atoms with Crippen molar-refractivity contribution in [2.24, 2.45) is 5.92 Å². The second-order valence-electron chi connectivity index (χ2n) is 6.02. The fourth-order valence-corrected chi connectivity index (χ4v) is 3.35. The lowest BCUT2D eigenvalue weighted by atomic mass is 9.98. The molecular formula is C17H16F2N4. The van der Waals surface area contributed by atoms with Crippen LogP contribution in [0.25, 0.3) is 11.0 Å². The summed E-state index contributed by atoms with van der Waals surface area (Å²) in [5.74, 6) is 0.224. The summed E-state index contributed by atoms with van der Waals surface area (Å²) < 4.78 is 26.6. The van der Waals surface area contributed by atoms with Crippen molar-refractivity contribution in [3.8, 4) is 0 Å². The molecule has 1 aromatic carbocycles. The molecule has 4 nitrogen and oxygen atoms in total. The standard InChI is InChI=1S/C17H16F2N4/c18-13-6-12(7-14(19)8-13)5-11-2-4-23(9-11)17-16-15(1-3-20-16)21-10-22-17/h1,3,6-8,10-11,20H,2,4-5,9H2. The molecule has 1 aliphatic rings. The first-order valence-electron chi connectivity index (χ1n) is 7.67. The fourth-order valence-electron chi connectivity index (χ4n) is 3.35. The summed E-state index contributed by atoms with van der Waals surface area (Å²) in [4.78, 5) is 14.0. The van der Waals surface area contributed by atoms with Crippen molar-refractivity contribution in [1.82, 2.24) is 15.0 Å². The molecule has 0 bridgehead atoms. The number of fused-ring (bicyclic) bond motifs is 1. The minimum atomic E-state index is -0.515. The molecule has 0 aliphatic carbocycles. The van der Waals surface area contributed by atoms with Gasteiger partial charge in [-0.25, -0.2) is 18.7 Å². The lowest BCUT2D eigenvalue weighted by Crippen LogP contribution is -2.21. The third-order valence-electron chi connectivity index (χ3n) is 4.36. The van der Waals surface area contributed by atoms with Gasteiger partial charge in [-0.05, 0) is 42.5 Å². The van der Waals surface area contributed by atoms with Crippen LogP contribution in [0, 0.1) is 17.6 Å². The van der Waals surface area contributed by atoms with E-state index in [0.29, 0.717) is 17.9 Å². The second kappa shape index (κ2) is 5.61. The van der Waals surface area contributed by atoms with Crippen LogP contribution in [0.2, 0.25) is 0 Å². The van der Waals surface area contributed by atoms with Crippen LogP contribution in [0.5, 0.6) is 0 Å². The van der Waals surface area contributed by atoms with Crippen LogP contribution in [0.15, 0.2) is 36.8 Å². The van der Waals surface area contributed by atoms with Crippen molar-refractivity contribution >= 4 is 16.9 Å². The summed E-state index contributed by atoms with van der Waals surface area (Å²) in [7, 11) is 0. The third kappa shape index (κ3) is 2.76. The Morgan fingerprint density at radius 1 is 1.17 bits per heavy atom. The molecule has 118 valence electrons. The topological polar surface area (TPSA) is 44.8 Å². The van der Waals surface area contributed by atoms with Gasteiger partial charge in [0.1, 0.15) is 23.5 Å². The number of halogens is 2. The lowest BCUT2D eigenvalue weighted by molar-refractivity contribution is 0.558. The van der Waals surface area contributed by atoms with E-state index in [4.69, 9.17) is 0 Å². The van der Waals surface area contributed by atoms with Gasteiger partial charge in [-0.15, -0.1) is 0 Å². The molecule has 1 unspecified atom stereocenters. The van der Waals surface area contributed by atoms with Crippen LogP contribution < -0.4 is 4.90 Å². The van der Waals surface area contributed by atoms with Gasteiger partial charge in [0.2, 0.25) is 0 Å². The Labute approximate surface area is 132 Å². The molecule has 0 spiro atoms. The van der Waals surface area contributed by atoms with E-state index in [2.05, 4.69) is 19.9 Å². The molecule has 3 aromatic rings. The Morgan fingerprint density at radius 3 is 2.83 bits per heavy atom. The Hall–Kier alpha value is -2.50. The van der Waals surface area contributed by atoms with E-state index in [1.54, 1.807) is 6.33 Å². The van der Waals surface area contributed by atoms with Crippen LogP contribution >= 0.6 is 0 Å². The normalized spacial score (nSPS) is 18.0. The summed E-state index contributed by atoms with van der Waals surface area (Å²) in [6.45, 7) is 1.71. The maximum absolute atomic E-state index is 13.3. The zero-order chi connectivity index (χ0) is 15.8. The minimum absolute atomic E-state index is 0.358. The predicted molar refractivity (Wildman–Crippen MR) is 84.3 cm³/mol. The average molecular weight is 314 g/mol. The van der Waals surface area contributed by atoms with E-state index in [-0.39, 0.29) is 0 Å². The van der Waals surface area contributed by atoms with Gasteiger partial charge < -0.3 is 9.88 Å². The quantitative estimate of drug-likeness (QED) is 0.807. The van der Waals surface area contributed by atoms with Crippen LogP contribution in [0.4, 0.5) is 14.6 Å². The molecule has 0 saturated carbocycles. The van der Waals surface area contributed by atoms with Gasteiger partial charge in [0, 0.05) is 25.4 Å². The van der Waals surface area contributed by atoms with Crippen molar-refractivity contribution in [2.45, 2.75) is 12.8 Å². The number of nitrogens with one attached hydrogen (secondary N) is 1. The summed E-state index contributed by atoms with van der Waals surface area (Å²) in [5, 5.41) is 0. The summed E-state index contributed by atoms with van der Waals surface area (Å²) in [6, 6.07) is 5.66. The van der Waals surface area contributed by atoms with Crippen molar-refractivity contribution < 1.29 is 8.78 Å². The molecule has 1 fully saturated rings. The molecule has 23 heavy (non-hydrogen) atoms. The molecule has 4 rings (SSSR count). The van der Waals surface area contributed by atoms with Crippen LogP contribution in [0.1, 0.15) is 12.0 Å². The number of aromatic amines is 1. The number of hydrogen-bond donors (Lipinski definition) is 1.